The number of rotatable bonds is 7. The van der Waals surface area contributed by atoms with Crippen molar-refractivity contribution in [3.05, 3.63) is 29.6 Å². The summed E-state index contributed by atoms with van der Waals surface area (Å²) in [6.07, 6.45) is 0. The molecule has 2 aliphatic rings. The van der Waals surface area contributed by atoms with Crippen LogP contribution in [0, 0.1) is 5.82 Å². The number of aliphatic imine (C=N–C) groups is 1. The van der Waals surface area contributed by atoms with Crippen LogP contribution in [0.3, 0.4) is 0 Å². The number of hydrogen-bond acceptors (Lipinski definition) is 5. The van der Waals surface area contributed by atoms with Gasteiger partial charge in [-0.2, -0.15) is 0 Å². The molecule has 2 aliphatic heterocycles. The Labute approximate surface area is 173 Å². The molecule has 3 rings (SSSR count). The third-order valence-electron chi connectivity index (χ3n) is 5.36. The molecule has 0 bridgehead atoms. The summed E-state index contributed by atoms with van der Waals surface area (Å²) in [4.78, 5) is 9.08. The normalized spacial score (nSPS) is 19.8. The molecular weight excluding hydrogens is 373 g/mol. The highest BCUT2D eigenvalue weighted by Crippen LogP contribution is 2.22. The molecule has 0 radical (unpaired) electrons. The van der Waals surface area contributed by atoms with Gasteiger partial charge in [0.05, 0.1) is 38.7 Å². The molecule has 162 valence electrons. The number of nitrogens with zero attached hydrogens (tertiary/aromatic N) is 3. The first-order valence-electron chi connectivity index (χ1n) is 10.6. The minimum absolute atomic E-state index is 0.196. The van der Waals surface area contributed by atoms with Gasteiger partial charge in [-0.15, -0.1) is 0 Å². The lowest BCUT2D eigenvalue weighted by atomic mass is 10.1. The van der Waals surface area contributed by atoms with E-state index in [1.165, 1.54) is 0 Å². The number of anilines is 1. The van der Waals surface area contributed by atoms with Crippen molar-refractivity contribution in [2.75, 3.05) is 70.6 Å². The first kappa shape index (κ1) is 21.8. The predicted octanol–water partition coefficient (Wildman–Crippen LogP) is 1.44. The predicted molar refractivity (Wildman–Crippen MR) is 114 cm³/mol. The lowest BCUT2D eigenvalue weighted by molar-refractivity contribution is 0.0211. The van der Waals surface area contributed by atoms with E-state index >= 15 is 0 Å². The molecule has 2 fully saturated rings. The Morgan fingerprint density at radius 2 is 1.79 bits per heavy atom. The van der Waals surface area contributed by atoms with Crippen molar-refractivity contribution in [3.8, 4) is 0 Å². The number of ether oxygens (including phenoxy) is 2. The van der Waals surface area contributed by atoms with Crippen molar-refractivity contribution in [1.29, 1.82) is 0 Å². The first-order chi connectivity index (χ1) is 14.2. The van der Waals surface area contributed by atoms with Crippen LogP contribution < -0.4 is 15.5 Å². The minimum atomic E-state index is -0.196. The van der Waals surface area contributed by atoms with Crippen LogP contribution in [-0.4, -0.2) is 82.6 Å². The summed E-state index contributed by atoms with van der Waals surface area (Å²) in [7, 11) is 0. The number of hydrogen-bond donors (Lipinski definition) is 2. The molecule has 0 aliphatic carbocycles. The molecule has 1 atom stereocenters. The van der Waals surface area contributed by atoms with Gasteiger partial charge in [0, 0.05) is 45.3 Å². The fourth-order valence-electron chi connectivity index (χ4n) is 3.61. The molecule has 1 aromatic carbocycles. The molecule has 1 unspecified atom stereocenters. The third-order valence-corrected chi connectivity index (χ3v) is 5.36. The van der Waals surface area contributed by atoms with Crippen LogP contribution in [-0.2, 0) is 16.0 Å². The van der Waals surface area contributed by atoms with Gasteiger partial charge in [0.2, 0.25) is 0 Å². The van der Waals surface area contributed by atoms with Crippen molar-refractivity contribution in [1.82, 2.24) is 15.5 Å². The van der Waals surface area contributed by atoms with E-state index in [2.05, 4.69) is 27.4 Å². The maximum Gasteiger partial charge on any atom is 0.191 e. The molecular formula is C21H34FN5O2. The third kappa shape index (κ3) is 6.55. The van der Waals surface area contributed by atoms with Crippen molar-refractivity contribution in [3.63, 3.8) is 0 Å². The van der Waals surface area contributed by atoms with E-state index in [-0.39, 0.29) is 5.82 Å². The Morgan fingerprint density at radius 1 is 1.10 bits per heavy atom. The zero-order chi connectivity index (χ0) is 20.5. The largest absolute Gasteiger partial charge is 0.379 e. The van der Waals surface area contributed by atoms with Crippen LogP contribution in [0.4, 0.5) is 10.1 Å². The standard InChI is InChI=1S/C21H34FN5O2/c1-3-23-21(24-15-17(2)26-6-10-28-11-7-26)25-16-18-4-5-20(19(22)14-18)27-8-12-29-13-9-27/h4-5,14,17H,3,6-13,15-16H2,1-2H3,(H2,23,24,25). The van der Waals surface area contributed by atoms with Crippen molar-refractivity contribution < 1.29 is 13.9 Å². The first-order valence-corrected chi connectivity index (χ1v) is 10.6. The van der Waals surface area contributed by atoms with Crippen LogP contribution in [0.5, 0.6) is 0 Å². The second kappa shape index (κ2) is 11.3. The van der Waals surface area contributed by atoms with Crippen LogP contribution in [0.2, 0.25) is 0 Å². The van der Waals surface area contributed by atoms with Gasteiger partial charge in [-0.3, -0.25) is 4.90 Å². The molecule has 8 heteroatoms. The highest BCUT2D eigenvalue weighted by molar-refractivity contribution is 5.79. The average molecular weight is 408 g/mol. The fraction of sp³-hybridized carbons (Fsp3) is 0.667. The van der Waals surface area contributed by atoms with Crippen molar-refractivity contribution in [2.24, 2.45) is 4.99 Å². The number of nitrogens with one attached hydrogen (secondary N) is 2. The Balaban J connectivity index is 1.55. The van der Waals surface area contributed by atoms with Gasteiger partial charge in [0.25, 0.3) is 0 Å². The molecule has 0 amide bonds. The Kier molecular flexibility index (Phi) is 8.52. The van der Waals surface area contributed by atoms with Gasteiger partial charge in [0.1, 0.15) is 5.82 Å². The summed E-state index contributed by atoms with van der Waals surface area (Å²) in [5, 5.41) is 6.67. The topological polar surface area (TPSA) is 61.4 Å². The quantitative estimate of drug-likeness (QED) is 0.527. The van der Waals surface area contributed by atoms with Crippen LogP contribution in [0.1, 0.15) is 19.4 Å². The van der Waals surface area contributed by atoms with E-state index in [0.717, 1.165) is 64.0 Å². The van der Waals surface area contributed by atoms with Gasteiger partial charge in [-0.1, -0.05) is 6.07 Å². The molecule has 2 saturated heterocycles. The smallest absolute Gasteiger partial charge is 0.191 e. The zero-order valence-electron chi connectivity index (χ0n) is 17.6. The Hall–Kier alpha value is -1.90. The molecule has 0 spiro atoms. The second-order valence-electron chi connectivity index (χ2n) is 7.46. The summed E-state index contributed by atoms with van der Waals surface area (Å²) < 4.78 is 25.4. The molecule has 1 aromatic rings. The highest BCUT2D eigenvalue weighted by Gasteiger charge is 2.17. The van der Waals surface area contributed by atoms with Crippen LogP contribution in [0.15, 0.2) is 23.2 Å². The summed E-state index contributed by atoms with van der Waals surface area (Å²) in [6.45, 7) is 12.5. The summed E-state index contributed by atoms with van der Waals surface area (Å²) in [6, 6.07) is 5.80. The number of halogens is 1. The van der Waals surface area contributed by atoms with E-state index in [1.807, 2.05) is 24.0 Å². The van der Waals surface area contributed by atoms with E-state index in [4.69, 9.17) is 9.47 Å². The van der Waals surface area contributed by atoms with E-state index in [9.17, 15) is 4.39 Å². The summed E-state index contributed by atoms with van der Waals surface area (Å²) in [5.74, 6) is 0.559. The average Bonchev–Trinajstić information content (AvgIpc) is 2.76. The van der Waals surface area contributed by atoms with Crippen LogP contribution in [0.25, 0.3) is 0 Å². The molecule has 29 heavy (non-hydrogen) atoms. The Bertz CT molecular complexity index is 660. The molecule has 2 N–H and O–H groups in total. The number of morpholine rings is 2. The van der Waals surface area contributed by atoms with Gasteiger partial charge in [0.15, 0.2) is 5.96 Å². The van der Waals surface area contributed by atoms with Gasteiger partial charge in [-0.05, 0) is 31.5 Å². The van der Waals surface area contributed by atoms with Crippen molar-refractivity contribution in [2.45, 2.75) is 26.4 Å². The van der Waals surface area contributed by atoms with Crippen molar-refractivity contribution >= 4 is 11.6 Å². The lowest BCUT2D eigenvalue weighted by Gasteiger charge is -2.32. The highest BCUT2D eigenvalue weighted by atomic mass is 19.1. The van der Waals surface area contributed by atoms with E-state index in [1.54, 1.807) is 6.07 Å². The fourth-order valence-corrected chi connectivity index (χ4v) is 3.61. The monoisotopic (exact) mass is 407 g/mol. The van der Waals surface area contributed by atoms with Crippen LogP contribution >= 0.6 is 0 Å². The molecule has 2 heterocycles. The zero-order valence-corrected chi connectivity index (χ0v) is 17.6. The van der Waals surface area contributed by atoms with Gasteiger partial charge < -0.3 is 25.0 Å². The Morgan fingerprint density at radius 3 is 2.45 bits per heavy atom. The summed E-state index contributed by atoms with van der Waals surface area (Å²) in [5.41, 5.74) is 1.50. The van der Waals surface area contributed by atoms with E-state index < -0.39 is 0 Å². The molecule has 7 nitrogen and oxygen atoms in total. The SMILES string of the molecule is CCNC(=NCc1ccc(N2CCOCC2)c(F)c1)NCC(C)N1CCOCC1. The van der Waals surface area contributed by atoms with Gasteiger partial charge in [-0.25, -0.2) is 9.38 Å². The molecule has 0 saturated carbocycles. The second-order valence-corrected chi connectivity index (χ2v) is 7.46. The van der Waals surface area contributed by atoms with E-state index in [0.29, 0.717) is 31.5 Å². The summed E-state index contributed by atoms with van der Waals surface area (Å²) >= 11 is 0. The molecule has 0 aromatic heterocycles. The number of guanidine groups is 1. The maximum absolute atomic E-state index is 14.6. The number of benzene rings is 1. The maximum atomic E-state index is 14.6. The minimum Gasteiger partial charge on any atom is -0.379 e. The lowest BCUT2D eigenvalue weighted by Crippen LogP contribution is -2.49. The van der Waals surface area contributed by atoms with Gasteiger partial charge >= 0.3 is 0 Å².